The minimum Gasteiger partial charge on any atom is -0.497 e. The van der Waals surface area contributed by atoms with Crippen LogP contribution in [0, 0.1) is 5.92 Å². The molecule has 30 heavy (non-hydrogen) atoms. The predicted molar refractivity (Wildman–Crippen MR) is 115 cm³/mol. The van der Waals surface area contributed by atoms with Crippen molar-refractivity contribution in [2.75, 3.05) is 39.9 Å². The van der Waals surface area contributed by atoms with Gasteiger partial charge in [0.25, 0.3) is 5.91 Å². The molecule has 1 aromatic carbocycles. The van der Waals surface area contributed by atoms with Crippen molar-refractivity contribution in [2.45, 2.75) is 51.6 Å². The largest absolute Gasteiger partial charge is 0.497 e. The third kappa shape index (κ3) is 4.32. The molecule has 0 bridgehead atoms. The van der Waals surface area contributed by atoms with Gasteiger partial charge in [-0.05, 0) is 49.8 Å². The molecule has 3 amide bonds. The molecule has 1 atom stereocenters. The van der Waals surface area contributed by atoms with Crippen LogP contribution in [0.3, 0.4) is 0 Å². The Hall–Kier alpha value is -2.12. The SMILES string of the molecule is COc1ccc(CCN2C(=O)N(CC(C)C)C(=O)C23CCN([C@H](C)CO)CC3)cc1. The van der Waals surface area contributed by atoms with E-state index >= 15 is 0 Å². The first-order chi connectivity index (χ1) is 14.3. The maximum absolute atomic E-state index is 13.5. The van der Waals surface area contributed by atoms with Gasteiger partial charge in [-0.3, -0.25) is 14.6 Å². The van der Waals surface area contributed by atoms with Gasteiger partial charge in [0.05, 0.1) is 13.7 Å². The number of ether oxygens (including phenoxy) is 1. The number of carbonyl (C=O) groups excluding carboxylic acids is 2. The molecule has 0 aliphatic carbocycles. The van der Waals surface area contributed by atoms with Crippen molar-refractivity contribution in [3.05, 3.63) is 29.8 Å². The van der Waals surface area contributed by atoms with Crippen molar-refractivity contribution in [3.63, 3.8) is 0 Å². The molecule has 1 aromatic rings. The minimum atomic E-state index is -0.760. The highest BCUT2D eigenvalue weighted by Gasteiger charge is 2.57. The summed E-state index contributed by atoms with van der Waals surface area (Å²) in [5, 5.41) is 9.49. The summed E-state index contributed by atoms with van der Waals surface area (Å²) in [4.78, 5) is 32.2. The average molecular weight is 418 g/mol. The highest BCUT2D eigenvalue weighted by molar-refractivity contribution is 6.07. The van der Waals surface area contributed by atoms with Crippen molar-refractivity contribution in [1.82, 2.24) is 14.7 Å². The van der Waals surface area contributed by atoms with Gasteiger partial charge in [-0.1, -0.05) is 26.0 Å². The number of nitrogens with zero attached hydrogens (tertiary/aromatic N) is 3. The normalized spacial score (nSPS) is 20.5. The second-order valence-electron chi connectivity index (χ2n) is 8.94. The number of benzene rings is 1. The van der Waals surface area contributed by atoms with E-state index in [1.807, 2.05) is 49.9 Å². The highest BCUT2D eigenvalue weighted by Crippen LogP contribution is 2.38. The van der Waals surface area contributed by atoms with E-state index in [0.717, 1.165) is 11.3 Å². The molecule has 1 spiro atoms. The van der Waals surface area contributed by atoms with Crippen LogP contribution in [-0.4, -0.2) is 83.2 Å². The Morgan fingerprint density at radius 3 is 2.27 bits per heavy atom. The second-order valence-corrected chi connectivity index (χ2v) is 8.94. The van der Waals surface area contributed by atoms with E-state index < -0.39 is 5.54 Å². The van der Waals surface area contributed by atoms with Crippen LogP contribution in [0.4, 0.5) is 4.79 Å². The van der Waals surface area contributed by atoms with Crippen LogP contribution in [0.15, 0.2) is 24.3 Å². The highest BCUT2D eigenvalue weighted by atomic mass is 16.5. The first-order valence-electron chi connectivity index (χ1n) is 10.9. The molecule has 2 saturated heterocycles. The summed E-state index contributed by atoms with van der Waals surface area (Å²) >= 11 is 0. The first-order valence-corrected chi connectivity index (χ1v) is 10.9. The van der Waals surface area contributed by atoms with Crippen LogP contribution in [0.1, 0.15) is 39.2 Å². The smallest absolute Gasteiger partial charge is 0.327 e. The summed E-state index contributed by atoms with van der Waals surface area (Å²) in [5.41, 5.74) is 0.351. The van der Waals surface area contributed by atoms with Crippen molar-refractivity contribution in [3.8, 4) is 5.75 Å². The van der Waals surface area contributed by atoms with Gasteiger partial charge >= 0.3 is 6.03 Å². The zero-order chi connectivity index (χ0) is 21.9. The number of methoxy groups -OCH3 is 1. The van der Waals surface area contributed by atoms with E-state index in [1.165, 1.54) is 4.90 Å². The Morgan fingerprint density at radius 2 is 1.73 bits per heavy atom. The van der Waals surface area contributed by atoms with Gasteiger partial charge in [-0.2, -0.15) is 0 Å². The molecule has 2 fully saturated rings. The van der Waals surface area contributed by atoms with E-state index in [2.05, 4.69) is 4.90 Å². The maximum atomic E-state index is 13.5. The lowest BCUT2D eigenvalue weighted by Crippen LogP contribution is -2.58. The Kier molecular flexibility index (Phi) is 7.03. The molecule has 2 heterocycles. The van der Waals surface area contributed by atoms with Gasteiger partial charge in [0, 0.05) is 32.2 Å². The third-order valence-corrected chi connectivity index (χ3v) is 6.47. The van der Waals surface area contributed by atoms with Gasteiger partial charge in [0.15, 0.2) is 0 Å². The van der Waals surface area contributed by atoms with E-state index in [4.69, 9.17) is 4.74 Å². The first kappa shape index (κ1) is 22.6. The van der Waals surface area contributed by atoms with Crippen molar-refractivity contribution in [2.24, 2.45) is 5.92 Å². The number of carbonyl (C=O) groups is 2. The quantitative estimate of drug-likeness (QED) is 0.658. The van der Waals surface area contributed by atoms with Crippen LogP contribution in [0.25, 0.3) is 0 Å². The third-order valence-electron chi connectivity index (χ3n) is 6.47. The van der Waals surface area contributed by atoms with E-state index in [-0.39, 0.29) is 30.5 Å². The fourth-order valence-electron chi connectivity index (χ4n) is 4.59. The Bertz CT molecular complexity index is 741. The number of hydrogen-bond donors (Lipinski definition) is 1. The lowest BCUT2D eigenvalue weighted by molar-refractivity contribution is -0.136. The number of piperidine rings is 1. The number of amides is 3. The molecular formula is C23H35N3O4. The Labute approximate surface area is 179 Å². The van der Waals surface area contributed by atoms with Crippen LogP contribution >= 0.6 is 0 Å². The molecule has 2 aliphatic heterocycles. The summed E-state index contributed by atoms with van der Waals surface area (Å²) < 4.78 is 5.22. The molecule has 7 nitrogen and oxygen atoms in total. The van der Waals surface area contributed by atoms with Crippen LogP contribution in [-0.2, 0) is 11.2 Å². The van der Waals surface area contributed by atoms with Gasteiger partial charge < -0.3 is 14.7 Å². The monoisotopic (exact) mass is 417 g/mol. The van der Waals surface area contributed by atoms with Crippen LogP contribution in [0.5, 0.6) is 5.75 Å². The van der Waals surface area contributed by atoms with Gasteiger partial charge in [0.2, 0.25) is 0 Å². The fraction of sp³-hybridized carbons (Fsp3) is 0.652. The summed E-state index contributed by atoms with van der Waals surface area (Å²) in [6, 6.07) is 7.75. The minimum absolute atomic E-state index is 0.0489. The maximum Gasteiger partial charge on any atom is 0.327 e. The number of hydrogen-bond acceptors (Lipinski definition) is 5. The lowest BCUT2D eigenvalue weighted by atomic mass is 9.85. The molecule has 0 radical (unpaired) electrons. The summed E-state index contributed by atoms with van der Waals surface area (Å²) in [6.45, 7) is 8.52. The standard InChI is InChI=1S/C23H35N3O4/c1-17(2)15-25-21(28)23(10-13-24(14-11-23)18(3)16-27)26(22(25)29)12-9-19-5-7-20(30-4)8-6-19/h5-8,17-18,27H,9-16H2,1-4H3/t18-/m1/s1. The molecule has 7 heteroatoms. The number of rotatable bonds is 8. The number of imide groups is 1. The second kappa shape index (κ2) is 9.35. The Balaban J connectivity index is 1.79. The van der Waals surface area contributed by atoms with Crippen molar-refractivity contribution >= 4 is 11.9 Å². The van der Waals surface area contributed by atoms with Gasteiger partial charge in [0.1, 0.15) is 11.3 Å². The van der Waals surface area contributed by atoms with Crippen molar-refractivity contribution < 1.29 is 19.4 Å². The topological polar surface area (TPSA) is 73.3 Å². The molecule has 166 valence electrons. The molecule has 2 aliphatic rings. The van der Waals surface area contributed by atoms with E-state index in [0.29, 0.717) is 45.4 Å². The number of aliphatic hydroxyl groups is 1. The van der Waals surface area contributed by atoms with Gasteiger partial charge in [-0.25, -0.2) is 4.79 Å². The lowest BCUT2D eigenvalue weighted by Gasteiger charge is -2.43. The Morgan fingerprint density at radius 1 is 1.10 bits per heavy atom. The molecular weight excluding hydrogens is 382 g/mol. The molecule has 0 saturated carbocycles. The fourth-order valence-corrected chi connectivity index (χ4v) is 4.59. The zero-order valence-corrected chi connectivity index (χ0v) is 18.6. The average Bonchev–Trinajstić information content (AvgIpc) is 2.93. The van der Waals surface area contributed by atoms with Crippen molar-refractivity contribution in [1.29, 1.82) is 0 Å². The summed E-state index contributed by atoms with van der Waals surface area (Å²) in [7, 11) is 1.64. The van der Waals surface area contributed by atoms with Gasteiger partial charge in [-0.15, -0.1) is 0 Å². The molecule has 3 rings (SSSR count). The van der Waals surface area contributed by atoms with E-state index in [1.54, 1.807) is 7.11 Å². The predicted octanol–water partition coefficient (Wildman–Crippen LogP) is 2.37. The number of likely N-dealkylation sites (tertiary alicyclic amines) is 1. The number of aliphatic hydroxyl groups excluding tert-OH is 1. The summed E-state index contributed by atoms with van der Waals surface area (Å²) in [5.74, 6) is 0.981. The van der Waals surface area contributed by atoms with E-state index in [9.17, 15) is 14.7 Å². The molecule has 0 aromatic heterocycles. The number of urea groups is 1. The molecule has 0 unspecified atom stereocenters. The zero-order valence-electron chi connectivity index (χ0n) is 18.6. The van der Waals surface area contributed by atoms with Crippen LogP contribution < -0.4 is 4.74 Å². The summed E-state index contributed by atoms with van der Waals surface area (Å²) in [6.07, 6.45) is 1.91. The molecule has 1 N–H and O–H groups in total. The van der Waals surface area contributed by atoms with Crippen LogP contribution in [0.2, 0.25) is 0 Å².